The fourth-order valence-electron chi connectivity index (χ4n) is 3.08. The van der Waals surface area contributed by atoms with Crippen LogP contribution in [0, 0.1) is 0 Å². The van der Waals surface area contributed by atoms with E-state index < -0.39 is 0 Å². The topological polar surface area (TPSA) is 49.6 Å². The molecule has 2 aliphatic rings. The van der Waals surface area contributed by atoms with Crippen molar-refractivity contribution in [3.63, 3.8) is 0 Å². The normalized spacial score (nSPS) is 34.4. The van der Waals surface area contributed by atoms with E-state index in [1.807, 2.05) is 6.92 Å². The van der Waals surface area contributed by atoms with Crippen molar-refractivity contribution in [2.24, 2.45) is 5.73 Å². The molecule has 16 heavy (non-hydrogen) atoms. The van der Waals surface area contributed by atoms with Crippen LogP contribution in [0.5, 0.6) is 0 Å². The number of rotatable bonds is 2. The molecule has 0 aliphatic carbocycles. The zero-order valence-corrected chi connectivity index (χ0v) is 10.4. The number of carbonyl (C=O) groups is 1. The first-order valence-corrected chi connectivity index (χ1v) is 6.38. The third kappa shape index (κ3) is 2.23. The predicted octanol–water partition coefficient (Wildman–Crippen LogP) is 0.419. The van der Waals surface area contributed by atoms with Gasteiger partial charge in [0.25, 0.3) is 0 Å². The first kappa shape index (κ1) is 11.9. The average Bonchev–Trinajstić information content (AvgIpc) is 2.27. The molecular weight excluding hydrogens is 202 g/mol. The number of hydrogen-bond acceptors (Lipinski definition) is 3. The summed E-state index contributed by atoms with van der Waals surface area (Å²) in [5.74, 6) is -0.198. The van der Waals surface area contributed by atoms with E-state index in [9.17, 15) is 4.79 Å². The Labute approximate surface area is 97.8 Å². The number of hydrogen-bond donors (Lipinski definition) is 1. The number of carbonyl (C=O) groups excluding carboxylic acids is 1. The van der Waals surface area contributed by atoms with Gasteiger partial charge in [-0.2, -0.15) is 0 Å². The molecule has 0 saturated carbocycles. The van der Waals surface area contributed by atoms with E-state index in [0.717, 1.165) is 13.1 Å². The highest BCUT2D eigenvalue weighted by Gasteiger charge is 2.36. The first-order chi connectivity index (χ1) is 7.59. The van der Waals surface area contributed by atoms with E-state index in [4.69, 9.17) is 5.73 Å². The van der Waals surface area contributed by atoms with Crippen LogP contribution in [0.15, 0.2) is 0 Å². The van der Waals surface area contributed by atoms with Gasteiger partial charge in [-0.25, -0.2) is 0 Å². The summed E-state index contributed by atoms with van der Waals surface area (Å²) in [6, 6.07) is 0.961. The summed E-state index contributed by atoms with van der Waals surface area (Å²) in [5, 5.41) is 0. The highest BCUT2D eigenvalue weighted by atomic mass is 16.1. The van der Waals surface area contributed by atoms with Crippen LogP contribution in [0.3, 0.4) is 0 Å². The maximum absolute atomic E-state index is 11.3. The fourth-order valence-corrected chi connectivity index (χ4v) is 3.08. The number of nitrogens with zero attached hydrogens (tertiary/aromatic N) is 2. The summed E-state index contributed by atoms with van der Waals surface area (Å²) in [7, 11) is 0. The molecule has 0 spiro atoms. The van der Waals surface area contributed by atoms with Crippen molar-refractivity contribution in [3.05, 3.63) is 0 Å². The summed E-state index contributed by atoms with van der Waals surface area (Å²) >= 11 is 0. The lowest BCUT2D eigenvalue weighted by Crippen LogP contribution is -2.62. The van der Waals surface area contributed by atoms with Crippen LogP contribution in [0.2, 0.25) is 0 Å². The molecule has 2 fully saturated rings. The van der Waals surface area contributed by atoms with Crippen molar-refractivity contribution in [1.82, 2.24) is 9.80 Å². The number of piperidine rings is 1. The van der Waals surface area contributed by atoms with E-state index in [1.165, 1.54) is 25.8 Å². The third-order valence-corrected chi connectivity index (χ3v) is 4.14. The summed E-state index contributed by atoms with van der Waals surface area (Å²) in [5.41, 5.74) is 5.40. The molecule has 0 bridgehead atoms. The number of amides is 1. The number of fused-ring (bicyclic) bond motifs is 1. The van der Waals surface area contributed by atoms with E-state index in [1.54, 1.807) is 0 Å². The number of nitrogens with two attached hydrogens (primary N) is 1. The Bertz CT molecular complexity index is 269. The van der Waals surface area contributed by atoms with Crippen LogP contribution in [0.1, 0.15) is 33.1 Å². The van der Waals surface area contributed by atoms with Gasteiger partial charge in [0.1, 0.15) is 0 Å². The van der Waals surface area contributed by atoms with Crippen molar-refractivity contribution in [2.45, 2.75) is 51.2 Å². The predicted molar refractivity (Wildman–Crippen MR) is 64.0 cm³/mol. The SMILES string of the molecule is CC1CN2CCCCC2CN1C(C)C(N)=O. The zero-order chi connectivity index (χ0) is 11.7. The van der Waals surface area contributed by atoms with E-state index in [-0.39, 0.29) is 11.9 Å². The van der Waals surface area contributed by atoms with Crippen molar-refractivity contribution >= 4 is 5.91 Å². The van der Waals surface area contributed by atoms with Crippen LogP contribution < -0.4 is 5.73 Å². The second-order valence-corrected chi connectivity index (χ2v) is 5.27. The summed E-state index contributed by atoms with van der Waals surface area (Å²) in [4.78, 5) is 16.1. The average molecular weight is 225 g/mol. The molecule has 2 aliphatic heterocycles. The van der Waals surface area contributed by atoms with Gasteiger partial charge in [0.15, 0.2) is 0 Å². The monoisotopic (exact) mass is 225 g/mol. The lowest BCUT2D eigenvalue weighted by atomic mass is 9.96. The van der Waals surface area contributed by atoms with Gasteiger partial charge >= 0.3 is 0 Å². The minimum Gasteiger partial charge on any atom is -0.368 e. The standard InChI is InChI=1S/C12H23N3O/c1-9-7-14-6-4-3-5-11(14)8-15(9)10(2)12(13)16/h9-11H,3-8H2,1-2H3,(H2,13,16). The third-order valence-electron chi connectivity index (χ3n) is 4.14. The summed E-state index contributed by atoms with van der Waals surface area (Å²) in [6.45, 7) is 7.45. The van der Waals surface area contributed by atoms with Crippen molar-refractivity contribution in [2.75, 3.05) is 19.6 Å². The highest BCUT2D eigenvalue weighted by Crippen LogP contribution is 2.25. The second-order valence-electron chi connectivity index (χ2n) is 5.27. The minimum atomic E-state index is -0.198. The van der Waals surface area contributed by atoms with Gasteiger partial charge in [-0.1, -0.05) is 6.42 Å². The molecule has 0 aromatic carbocycles. The fraction of sp³-hybridized carbons (Fsp3) is 0.917. The van der Waals surface area contributed by atoms with Crippen LogP contribution in [0.25, 0.3) is 0 Å². The first-order valence-electron chi connectivity index (χ1n) is 6.38. The molecule has 2 N–H and O–H groups in total. The molecule has 1 amide bonds. The van der Waals surface area contributed by atoms with E-state index in [0.29, 0.717) is 12.1 Å². The smallest absolute Gasteiger partial charge is 0.234 e. The van der Waals surface area contributed by atoms with E-state index in [2.05, 4.69) is 16.7 Å². The largest absolute Gasteiger partial charge is 0.368 e. The Hall–Kier alpha value is -0.610. The molecule has 3 unspecified atom stereocenters. The maximum atomic E-state index is 11.3. The van der Waals surface area contributed by atoms with Crippen molar-refractivity contribution in [1.29, 1.82) is 0 Å². The van der Waals surface area contributed by atoms with Crippen LogP contribution in [0.4, 0.5) is 0 Å². The lowest BCUT2D eigenvalue weighted by molar-refractivity contribution is -0.125. The van der Waals surface area contributed by atoms with Crippen molar-refractivity contribution < 1.29 is 4.79 Å². The second kappa shape index (κ2) is 4.72. The van der Waals surface area contributed by atoms with Gasteiger partial charge in [0.05, 0.1) is 6.04 Å². The maximum Gasteiger partial charge on any atom is 0.234 e. The number of primary amides is 1. The quantitative estimate of drug-likeness (QED) is 0.741. The lowest BCUT2D eigenvalue weighted by Gasteiger charge is -2.48. The van der Waals surface area contributed by atoms with Crippen molar-refractivity contribution in [3.8, 4) is 0 Å². The molecule has 2 saturated heterocycles. The highest BCUT2D eigenvalue weighted by molar-refractivity contribution is 5.79. The van der Waals surface area contributed by atoms with Gasteiger partial charge in [0, 0.05) is 25.2 Å². The minimum absolute atomic E-state index is 0.126. The zero-order valence-electron chi connectivity index (χ0n) is 10.4. The number of piperazine rings is 1. The van der Waals surface area contributed by atoms with Gasteiger partial charge in [0.2, 0.25) is 5.91 Å². The Balaban J connectivity index is 2.02. The van der Waals surface area contributed by atoms with Gasteiger partial charge in [-0.05, 0) is 33.2 Å². The summed E-state index contributed by atoms with van der Waals surface area (Å²) < 4.78 is 0. The van der Waals surface area contributed by atoms with Gasteiger partial charge in [-0.15, -0.1) is 0 Å². The van der Waals surface area contributed by atoms with E-state index >= 15 is 0 Å². The molecular formula is C12H23N3O. The molecule has 92 valence electrons. The Morgan fingerprint density at radius 1 is 1.38 bits per heavy atom. The van der Waals surface area contributed by atoms with Crippen LogP contribution >= 0.6 is 0 Å². The molecule has 3 atom stereocenters. The van der Waals surface area contributed by atoms with Crippen LogP contribution in [-0.2, 0) is 4.79 Å². The Kier molecular flexibility index (Phi) is 3.50. The molecule has 4 nitrogen and oxygen atoms in total. The molecule has 0 aromatic heterocycles. The molecule has 2 heterocycles. The molecule has 0 radical (unpaired) electrons. The Morgan fingerprint density at radius 2 is 2.12 bits per heavy atom. The molecule has 0 aromatic rings. The molecule has 2 rings (SSSR count). The summed E-state index contributed by atoms with van der Waals surface area (Å²) in [6.07, 6.45) is 3.93. The Morgan fingerprint density at radius 3 is 2.81 bits per heavy atom. The van der Waals surface area contributed by atoms with Crippen LogP contribution in [-0.4, -0.2) is 53.5 Å². The van der Waals surface area contributed by atoms with Gasteiger partial charge < -0.3 is 5.73 Å². The van der Waals surface area contributed by atoms with Gasteiger partial charge in [-0.3, -0.25) is 14.6 Å². The molecule has 4 heteroatoms.